The molecule has 0 aromatic rings. The van der Waals surface area contributed by atoms with E-state index in [1.807, 2.05) is 0 Å². The lowest BCUT2D eigenvalue weighted by Gasteiger charge is -2.63. The largest absolute Gasteiger partial charge is 0.393 e. The molecule has 2 nitrogen and oxygen atoms in total. The minimum atomic E-state index is -0.162. The van der Waals surface area contributed by atoms with Crippen LogP contribution in [0, 0.1) is 22.7 Å². The number of hydrogen-bond donors (Lipinski definition) is 1. The Morgan fingerprint density at radius 2 is 2.07 bits per heavy atom. The maximum Gasteiger partial charge on any atom is 0.136 e. The van der Waals surface area contributed by atoms with Crippen molar-refractivity contribution < 1.29 is 9.90 Å². The van der Waals surface area contributed by atoms with Crippen LogP contribution in [0.1, 0.15) is 46.0 Å². The molecule has 0 aliphatic heterocycles. The van der Waals surface area contributed by atoms with Crippen LogP contribution in [0.25, 0.3) is 0 Å². The zero-order valence-electron chi connectivity index (χ0n) is 9.62. The Labute approximate surface area is 91.1 Å². The van der Waals surface area contributed by atoms with Gasteiger partial charge >= 0.3 is 0 Å². The van der Waals surface area contributed by atoms with Crippen molar-refractivity contribution in [2.24, 2.45) is 22.7 Å². The quantitative estimate of drug-likeness (QED) is 0.662. The topological polar surface area (TPSA) is 37.3 Å². The first-order valence-corrected chi connectivity index (χ1v) is 6.19. The average Bonchev–Trinajstić information content (AvgIpc) is 2.33. The van der Waals surface area contributed by atoms with Crippen LogP contribution in [0.15, 0.2) is 0 Å². The molecule has 1 N–H and O–H groups in total. The number of aliphatic hydroxyl groups excluding tert-OH is 1. The standard InChI is InChI=1S/C13H20O2/c1-12(2)10-7-8-9(14)3-5-13(8,10)6-4-11(12)15/h8,10-11,15H,3-7H2,1-2H3/t8-,10-,11?,13-/m0/s1. The van der Waals surface area contributed by atoms with E-state index in [-0.39, 0.29) is 11.5 Å². The molecule has 4 atom stereocenters. The lowest BCUT2D eigenvalue weighted by atomic mass is 9.41. The van der Waals surface area contributed by atoms with Crippen molar-refractivity contribution in [2.75, 3.05) is 0 Å². The molecule has 3 fully saturated rings. The van der Waals surface area contributed by atoms with E-state index in [2.05, 4.69) is 13.8 Å². The third-order valence-electron chi connectivity index (χ3n) is 5.73. The van der Waals surface area contributed by atoms with Crippen LogP contribution < -0.4 is 0 Å². The van der Waals surface area contributed by atoms with Gasteiger partial charge < -0.3 is 5.11 Å². The minimum Gasteiger partial charge on any atom is -0.393 e. The highest BCUT2D eigenvalue weighted by Gasteiger charge is 2.67. The summed E-state index contributed by atoms with van der Waals surface area (Å²) in [5.74, 6) is 1.44. The van der Waals surface area contributed by atoms with Crippen LogP contribution in [-0.2, 0) is 4.79 Å². The van der Waals surface area contributed by atoms with Gasteiger partial charge in [-0.1, -0.05) is 13.8 Å². The molecule has 1 unspecified atom stereocenters. The number of ketones is 1. The van der Waals surface area contributed by atoms with Gasteiger partial charge in [-0.3, -0.25) is 4.79 Å². The average molecular weight is 208 g/mol. The monoisotopic (exact) mass is 208 g/mol. The molecule has 3 aliphatic carbocycles. The molecule has 84 valence electrons. The first-order valence-electron chi connectivity index (χ1n) is 6.19. The van der Waals surface area contributed by atoms with Gasteiger partial charge in [0.2, 0.25) is 0 Å². The predicted molar refractivity (Wildman–Crippen MR) is 57.3 cm³/mol. The molecule has 0 aromatic carbocycles. The number of hydrogen-bond acceptors (Lipinski definition) is 2. The number of carbonyl (C=O) groups excluding carboxylic acids is 1. The Bertz CT molecular complexity index is 320. The maximum atomic E-state index is 11.7. The van der Waals surface area contributed by atoms with Crippen molar-refractivity contribution in [2.45, 2.75) is 52.1 Å². The second-order valence-corrected chi connectivity index (χ2v) is 6.42. The molecule has 0 radical (unpaired) electrons. The summed E-state index contributed by atoms with van der Waals surface area (Å²) < 4.78 is 0. The fourth-order valence-electron chi connectivity index (χ4n) is 4.65. The van der Waals surface area contributed by atoms with E-state index in [0.717, 1.165) is 32.1 Å². The normalized spacial score (nSPS) is 51.9. The summed E-state index contributed by atoms with van der Waals surface area (Å²) in [7, 11) is 0. The summed E-state index contributed by atoms with van der Waals surface area (Å²) >= 11 is 0. The van der Waals surface area contributed by atoms with Gasteiger partial charge in [0.25, 0.3) is 0 Å². The molecule has 0 heterocycles. The number of carbonyl (C=O) groups is 1. The van der Waals surface area contributed by atoms with Crippen molar-refractivity contribution in [1.82, 2.24) is 0 Å². The lowest BCUT2D eigenvalue weighted by molar-refractivity contribution is -0.184. The van der Waals surface area contributed by atoms with Crippen molar-refractivity contribution in [1.29, 1.82) is 0 Å². The fourth-order valence-corrected chi connectivity index (χ4v) is 4.65. The molecule has 3 saturated carbocycles. The Balaban J connectivity index is 1.94. The Morgan fingerprint density at radius 1 is 1.33 bits per heavy atom. The second-order valence-electron chi connectivity index (χ2n) is 6.42. The first kappa shape index (κ1) is 9.83. The smallest absolute Gasteiger partial charge is 0.136 e. The van der Waals surface area contributed by atoms with E-state index in [1.54, 1.807) is 0 Å². The van der Waals surface area contributed by atoms with Crippen LogP contribution in [-0.4, -0.2) is 17.0 Å². The van der Waals surface area contributed by atoms with Gasteiger partial charge in [0, 0.05) is 12.3 Å². The molecule has 0 bridgehead atoms. The van der Waals surface area contributed by atoms with Crippen LogP contribution in [0.5, 0.6) is 0 Å². The molecular weight excluding hydrogens is 188 g/mol. The molecule has 0 amide bonds. The molecule has 15 heavy (non-hydrogen) atoms. The lowest BCUT2D eigenvalue weighted by Crippen LogP contribution is -2.60. The van der Waals surface area contributed by atoms with Gasteiger partial charge in [-0.15, -0.1) is 0 Å². The van der Waals surface area contributed by atoms with Gasteiger partial charge in [-0.25, -0.2) is 0 Å². The summed E-state index contributed by atoms with van der Waals surface area (Å²) in [6, 6.07) is 0. The zero-order valence-corrected chi connectivity index (χ0v) is 9.62. The molecule has 3 aliphatic rings. The Morgan fingerprint density at radius 3 is 2.73 bits per heavy atom. The maximum absolute atomic E-state index is 11.7. The fraction of sp³-hybridized carbons (Fsp3) is 0.923. The van der Waals surface area contributed by atoms with E-state index in [0.29, 0.717) is 23.0 Å². The van der Waals surface area contributed by atoms with Crippen molar-refractivity contribution in [3.63, 3.8) is 0 Å². The van der Waals surface area contributed by atoms with Gasteiger partial charge in [0.05, 0.1) is 6.10 Å². The van der Waals surface area contributed by atoms with Crippen molar-refractivity contribution in [3.8, 4) is 0 Å². The highest BCUT2D eigenvalue weighted by molar-refractivity contribution is 5.85. The summed E-state index contributed by atoms with van der Waals surface area (Å²) in [5, 5.41) is 10.1. The predicted octanol–water partition coefficient (Wildman–Crippen LogP) is 2.15. The third-order valence-corrected chi connectivity index (χ3v) is 5.73. The van der Waals surface area contributed by atoms with Crippen LogP contribution in [0.2, 0.25) is 0 Å². The minimum absolute atomic E-state index is 0.0272. The molecule has 0 aromatic heterocycles. The van der Waals surface area contributed by atoms with E-state index >= 15 is 0 Å². The van der Waals surface area contributed by atoms with E-state index in [4.69, 9.17) is 0 Å². The van der Waals surface area contributed by atoms with Crippen molar-refractivity contribution >= 4 is 5.78 Å². The van der Waals surface area contributed by atoms with E-state index in [1.165, 1.54) is 0 Å². The summed E-state index contributed by atoms with van der Waals surface area (Å²) in [4.78, 5) is 11.7. The molecular formula is C13H20O2. The SMILES string of the molecule is CC1(C)C(O)CC[C@@]23CCC(=O)[C@@H]2C[C@@H]13. The molecule has 3 rings (SSSR count). The summed E-state index contributed by atoms with van der Waals surface area (Å²) in [6.07, 6.45) is 4.75. The number of rotatable bonds is 0. The number of Topliss-reactive ketones (excluding diaryl/α,β-unsaturated/α-hetero) is 1. The molecule has 1 spiro atoms. The van der Waals surface area contributed by atoms with Gasteiger partial charge in [-0.2, -0.15) is 0 Å². The molecule has 2 heteroatoms. The number of aliphatic hydroxyl groups is 1. The Hall–Kier alpha value is -0.370. The van der Waals surface area contributed by atoms with Crippen LogP contribution in [0.3, 0.4) is 0 Å². The highest BCUT2D eigenvalue weighted by atomic mass is 16.3. The molecule has 0 saturated heterocycles. The van der Waals surface area contributed by atoms with Crippen LogP contribution in [0.4, 0.5) is 0 Å². The first-order chi connectivity index (χ1) is 6.98. The van der Waals surface area contributed by atoms with E-state index < -0.39 is 0 Å². The second kappa shape index (κ2) is 2.65. The zero-order chi connectivity index (χ0) is 10.8. The van der Waals surface area contributed by atoms with E-state index in [9.17, 15) is 9.90 Å². The summed E-state index contributed by atoms with van der Waals surface area (Å²) in [6.45, 7) is 4.37. The highest BCUT2D eigenvalue weighted by Crippen LogP contribution is 2.70. The third kappa shape index (κ3) is 0.968. The summed E-state index contributed by atoms with van der Waals surface area (Å²) in [5.41, 5.74) is 0.333. The van der Waals surface area contributed by atoms with Crippen molar-refractivity contribution in [3.05, 3.63) is 0 Å². The Kier molecular flexibility index (Phi) is 1.74. The van der Waals surface area contributed by atoms with Gasteiger partial charge in [-0.05, 0) is 42.4 Å². The van der Waals surface area contributed by atoms with Crippen LogP contribution >= 0.6 is 0 Å². The van der Waals surface area contributed by atoms with Gasteiger partial charge in [0.1, 0.15) is 5.78 Å². The van der Waals surface area contributed by atoms with Gasteiger partial charge in [0.15, 0.2) is 0 Å².